The zero-order valence-corrected chi connectivity index (χ0v) is 10.9. The van der Waals surface area contributed by atoms with Crippen LogP contribution in [0.25, 0.3) is 0 Å². The molecular formula is C12H23NO4. The molecule has 5 nitrogen and oxygen atoms in total. The summed E-state index contributed by atoms with van der Waals surface area (Å²) < 4.78 is 4.86. The highest BCUT2D eigenvalue weighted by Gasteiger charge is 2.20. The number of carbonyl (C=O) groups is 2. The van der Waals surface area contributed by atoms with E-state index in [0.29, 0.717) is 18.9 Å². The number of hydrogen-bond acceptors (Lipinski definition) is 3. The Morgan fingerprint density at radius 2 is 1.94 bits per heavy atom. The van der Waals surface area contributed by atoms with E-state index in [2.05, 4.69) is 5.32 Å². The fraction of sp³-hybridized carbons (Fsp3) is 0.833. The number of amides is 1. The van der Waals surface area contributed by atoms with Gasteiger partial charge in [-0.3, -0.25) is 0 Å². The van der Waals surface area contributed by atoms with Crippen LogP contribution >= 0.6 is 0 Å². The van der Waals surface area contributed by atoms with Crippen molar-refractivity contribution in [1.29, 1.82) is 0 Å². The van der Waals surface area contributed by atoms with Gasteiger partial charge in [0.1, 0.15) is 6.04 Å². The second-order valence-electron chi connectivity index (χ2n) is 4.50. The maximum absolute atomic E-state index is 11.3. The number of rotatable bonds is 8. The van der Waals surface area contributed by atoms with E-state index in [1.807, 2.05) is 20.8 Å². The van der Waals surface area contributed by atoms with Gasteiger partial charge in [0.15, 0.2) is 0 Å². The Hall–Kier alpha value is -1.26. The van der Waals surface area contributed by atoms with Crippen LogP contribution in [-0.2, 0) is 9.53 Å². The maximum atomic E-state index is 11.3. The summed E-state index contributed by atoms with van der Waals surface area (Å²) >= 11 is 0. The van der Waals surface area contributed by atoms with Crippen LogP contribution < -0.4 is 5.32 Å². The number of nitrogens with one attached hydrogen (secondary N) is 1. The number of aliphatic carboxylic acids is 1. The van der Waals surface area contributed by atoms with Crippen molar-refractivity contribution in [2.24, 2.45) is 5.92 Å². The Labute approximate surface area is 103 Å². The molecule has 0 aliphatic heterocycles. The quantitative estimate of drug-likeness (QED) is 0.644. The Morgan fingerprint density at radius 1 is 1.29 bits per heavy atom. The van der Waals surface area contributed by atoms with E-state index in [9.17, 15) is 9.59 Å². The second-order valence-corrected chi connectivity index (χ2v) is 4.50. The average molecular weight is 245 g/mol. The van der Waals surface area contributed by atoms with E-state index in [1.165, 1.54) is 0 Å². The number of hydrogen-bond donors (Lipinski definition) is 2. The van der Waals surface area contributed by atoms with Crippen molar-refractivity contribution in [1.82, 2.24) is 5.32 Å². The minimum atomic E-state index is -1.02. The number of ether oxygens (including phenoxy) is 1. The first-order chi connectivity index (χ1) is 7.97. The van der Waals surface area contributed by atoms with Crippen molar-refractivity contribution in [2.45, 2.75) is 52.5 Å². The molecule has 0 aromatic carbocycles. The van der Waals surface area contributed by atoms with Crippen LogP contribution in [0.2, 0.25) is 0 Å². The highest BCUT2D eigenvalue weighted by molar-refractivity contribution is 5.79. The topological polar surface area (TPSA) is 75.6 Å². The lowest BCUT2D eigenvalue weighted by molar-refractivity contribution is -0.139. The first-order valence-electron chi connectivity index (χ1n) is 6.13. The summed E-state index contributed by atoms with van der Waals surface area (Å²) in [5, 5.41) is 11.3. The molecule has 17 heavy (non-hydrogen) atoms. The normalized spacial score (nSPS) is 12.2. The molecule has 5 heteroatoms. The Bertz CT molecular complexity index is 241. The zero-order chi connectivity index (χ0) is 13.3. The molecule has 0 aliphatic carbocycles. The molecule has 0 aromatic heterocycles. The Morgan fingerprint density at radius 3 is 2.41 bits per heavy atom. The summed E-state index contributed by atoms with van der Waals surface area (Å²) in [6.07, 6.45) is 2.26. The van der Waals surface area contributed by atoms with E-state index < -0.39 is 18.1 Å². The highest BCUT2D eigenvalue weighted by Crippen LogP contribution is 2.07. The number of carbonyl (C=O) groups excluding carboxylic acids is 1. The lowest BCUT2D eigenvalue weighted by Crippen LogP contribution is -2.41. The van der Waals surface area contributed by atoms with E-state index in [0.717, 1.165) is 19.3 Å². The molecule has 0 spiro atoms. The predicted octanol–water partition coefficient (Wildman–Crippen LogP) is 2.40. The molecule has 2 N–H and O–H groups in total. The maximum Gasteiger partial charge on any atom is 0.407 e. The van der Waals surface area contributed by atoms with Crippen LogP contribution in [0.4, 0.5) is 4.79 Å². The van der Waals surface area contributed by atoms with Gasteiger partial charge in [-0.1, -0.05) is 27.2 Å². The van der Waals surface area contributed by atoms with Gasteiger partial charge in [-0.05, 0) is 25.2 Å². The summed E-state index contributed by atoms with van der Waals surface area (Å²) in [4.78, 5) is 22.2. The van der Waals surface area contributed by atoms with Crippen LogP contribution in [0.5, 0.6) is 0 Å². The smallest absolute Gasteiger partial charge is 0.407 e. The molecule has 0 saturated carbocycles. The molecule has 0 bridgehead atoms. The summed E-state index contributed by atoms with van der Waals surface area (Å²) in [6, 6.07) is -0.855. The molecular weight excluding hydrogens is 222 g/mol. The molecule has 0 aliphatic rings. The lowest BCUT2D eigenvalue weighted by atomic mass is 10.0. The Balaban J connectivity index is 3.98. The van der Waals surface area contributed by atoms with Gasteiger partial charge in [0, 0.05) is 0 Å². The van der Waals surface area contributed by atoms with Gasteiger partial charge in [0.05, 0.1) is 6.61 Å². The molecule has 0 rings (SSSR count). The lowest BCUT2D eigenvalue weighted by Gasteiger charge is -2.15. The third-order valence-electron chi connectivity index (χ3n) is 2.35. The molecule has 100 valence electrons. The van der Waals surface area contributed by atoms with Crippen molar-refractivity contribution in [3.05, 3.63) is 0 Å². The number of carboxylic acid groups (broad SMARTS) is 1. The monoisotopic (exact) mass is 245 g/mol. The molecule has 1 unspecified atom stereocenters. The van der Waals surface area contributed by atoms with Crippen molar-refractivity contribution >= 4 is 12.1 Å². The fourth-order valence-electron chi connectivity index (χ4n) is 1.25. The van der Waals surface area contributed by atoms with E-state index in [-0.39, 0.29) is 0 Å². The number of carboxylic acids is 1. The van der Waals surface area contributed by atoms with E-state index in [1.54, 1.807) is 0 Å². The standard InChI is InChI=1S/C12H23NO4/c1-4-5-8-17-12(16)13-10(11(14)15)7-6-9(2)3/h9-10H,4-8H2,1-3H3,(H,13,16)(H,14,15). The van der Waals surface area contributed by atoms with Gasteiger partial charge in [-0.25, -0.2) is 9.59 Å². The third-order valence-corrected chi connectivity index (χ3v) is 2.35. The minimum Gasteiger partial charge on any atom is -0.480 e. The predicted molar refractivity (Wildman–Crippen MR) is 64.9 cm³/mol. The number of unbranched alkanes of at least 4 members (excludes halogenated alkanes) is 1. The van der Waals surface area contributed by atoms with Gasteiger partial charge < -0.3 is 15.2 Å². The van der Waals surface area contributed by atoms with Crippen LogP contribution in [0, 0.1) is 5.92 Å². The first kappa shape index (κ1) is 15.7. The van der Waals surface area contributed by atoms with Crippen molar-refractivity contribution in [3.63, 3.8) is 0 Å². The molecule has 1 atom stereocenters. The summed E-state index contributed by atoms with van der Waals surface area (Å²) in [6.45, 7) is 6.35. The third kappa shape index (κ3) is 8.54. The largest absolute Gasteiger partial charge is 0.480 e. The fourth-order valence-corrected chi connectivity index (χ4v) is 1.25. The average Bonchev–Trinajstić information content (AvgIpc) is 2.23. The van der Waals surface area contributed by atoms with Gasteiger partial charge in [0.2, 0.25) is 0 Å². The summed E-state index contributed by atoms with van der Waals surface area (Å²) in [5.41, 5.74) is 0. The zero-order valence-electron chi connectivity index (χ0n) is 10.9. The van der Waals surface area contributed by atoms with Gasteiger partial charge in [0.25, 0.3) is 0 Å². The van der Waals surface area contributed by atoms with Crippen molar-refractivity contribution in [3.8, 4) is 0 Å². The first-order valence-corrected chi connectivity index (χ1v) is 6.13. The highest BCUT2D eigenvalue weighted by atomic mass is 16.5. The molecule has 0 saturated heterocycles. The molecule has 0 fully saturated rings. The van der Waals surface area contributed by atoms with Crippen LogP contribution in [0.3, 0.4) is 0 Å². The van der Waals surface area contributed by atoms with Crippen LogP contribution in [0.1, 0.15) is 46.5 Å². The molecule has 0 heterocycles. The van der Waals surface area contributed by atoms with Crippen LogP contribution in [0.15, 0.2) is 0 Å². The SMILES string of the molecule is CCCCOC(=O)NC(CCC(C)C)C(=O)O. The minimum absolute atomic E-state index is 0.332. The summed E-state index contributed by atoms with van der Waals surface area (Å²) in [7, 11) is 0. The van der Waals surface area contributed by atoms with Gasteiger partial charge in [-0.2, -0.15) is 0 Å². The van der Waals surface area contributed by atoms with Crippen molar-refractivity contribution in [2.75, 3.05) is 6.61 Å². The Kier molecular flexibility index (Phi) is 8.19. The van der Waals surface area contributed by atoms with Crippen LogP contribution in [-0.4, -0.2) is 29.8 Å². The molecule has 1 amide bonds. The summed E-state index contributed by atoms with van der Waals surface area (Å²) in [5.74, 6) is -0.604. The van der Waals surface area contributed by atoms with Crippen molar-refractivity contribution < 1.29 is 19.4 Å². The van der Waals surface area contributed by atoms with E-state index >= 15 is 0 Å². The van der Waals surface area contributed by atoms with Gasteiger partial charge in [-0.15, -0.1) is 0 Å². The second kappa shape index (κ2) is 8.84. The number of alkyl carbamates (subject to hydrolysis) is 1. The molecule has 0 radical (unpaired) electrons. The molecule has 0 aromatic rings. The van der Waals surface area contributed by atoms with E-state index in [4.69, 9.17) is 9.84 Å². The van der Waals surface area contributed by atoms with Gasteiger partial charge >= 0.3 is 12.1 Å².